The SMILES string of the molecule is NC(=S)CCN(Cc1cccnc1)C(=O)c1cn[nH]n1. The first-order valence-electron chi connectivity index (χ1n) is 5.99. The summed E-state index contributed by atoms with van der Waals surface area (Å²) in [5.41, 5.74) is 6.68. The molecule has 0 aromatic carbocycles. The molecule has 0 atom stereocenters. The molecule has 0 saturated heterocycles. The quantitative estimate of drug-likeness (QED) is 0.752. The Morgan fingerprint density at radius 2 is 2.30 bits per heavy atom. The van der Waals surface area contributed by atoms with Gasteiger partial charge in [-0.05, 0) is 11.6 Å². The van der Waals surface area contributed by atoms with Gasteiger partial charge in [-0.3, -0.25) is 9.78 Å². The van der Waals surface area contributed by atoms with Crippen molar-refractivity contribution >= 4 is 23.1 Å². The number of pyridine rings is 1. The topological polar surface area (TPSA) is 101 Å². The van der Waals surface area contributed by atoms with Crippen LogP contribution in [0.25, 0.3) is 0 Å². The minimum atomic E-state index is -0.223. The van der Waals surface area contributed by atoms with E-state index in [2.05, 4.69) is 20.4 Å². The van der Waals surface area contributed by atoms with Gasteiger partial charge >= 0.3 is 0 Å². The van der Waals surface area contributed by atoms with Gasteiger partial charge in [0.25, 0.3) is 5.91 Å². The molecule has 2 heterocycles. The minimum absolute atomic E-state index is 0.223. The van der Waals surface area contributed by atoms with E-state index in [9.17, 15) is 4.79 Å². The van der Waals surface area contributed by atoms with Gasteiger partial charge in [0.15, 0.2) is 5.69 Å². The van der Waals surface area contributed by atoms with Crippen LogP contribution in [0.3, 0.4) is 0 Å². The molecule has 0 saturated carbocycles. The Bertz CT molecular complexity index is 571. The normalized spacial score (nSPS) is 10.2. The maximum Gasteiger partial charge on any atom is 0.276 e. The molecule has 1 amide bonds. The highest BCUT2D eigenvalue weighted by atomic mass is 32.1. The van der Waals surface area contributed by atoms with Crippen molar-refractivity contribution in [2.24, 2.45) is 5.73 Å². The molecule has 2 rings (SSSR count). The number of nitrogens with one attached hydrogen (secondary N) is 1. The van der Waals surface area contributed by atoms with E-state index in [4.69, 9.17) is 18.0 Å². The van der Waals surface area contributed by atoms with E-state index in [0.717, 1.165) is 5.56 Å². The molecule has 0 fully saturated rings. The summed E-state index contributed by atoms with van der Waals surface area (Å²) in [6, 6.07) is 3.72. The standard InChI is InChI=1S/C12H14N6OS/c13-11(20)3-5-18(8-9-2-1-4-14-6-9)12(19)10-7-15-17-16-10/h1-2,4,6-7H,3,5,8H2,(H2,13,20)(H,15,16,17). The maximum absolute atomic E-state index is 12.3. The van der Waals surface area contributed by atoms with Crippen molar-refractivity contribution in [3.05, 3.63) is 42.0 Å². The van der Waals surface area contributed by atoms with E-state index in [0.29, 0.717) is 24.5 Å². The number of thiocarbonyl (C=S) groups is 1. The summed E-state index contributed by atoms with van der Waals surface area (Å²) in [6.45, 7) is 0.845. The van der Waals surface area contributed by atoms with E-state index in [1.54, 1.807) is 17.3 Å². The summed E-state index contributed by atoms with van der Waals surface area (Å²) < 4.78 is 0. The van der Waals surface area contributed by atoms with Crippen LogP contribution < -0.4 is 5.73 Å². The predicted molar refractivity (Wildman–Crippen MR) is 76.8 cm³/mol. The number of nitrogens with two attached hydrogens (primary N) is 1. The van der Waals surface area contributed by atoms with E-state index >= 15 is 0 Å². The Kier molecular flexibility index (Phi) is 4.72. The van der Waals surface area contributed by atoms with Gasteiger partial charge in [0.1, 0.15) is 0 Å². The van der Waals surface area contributed by atoms with Gasteiger partial charge in [-0.25, -0.2) is 0 Å². The largest absolute Gasteiger partial charge is 0.393 e. The molecule has 3 N–H and O–H groups in total. The second-order valence-corrected chi connectivity index (χ2v) is 4.68. The third kappa shape index (κ3) is 3.82. The van der Waals surface area contributed by atoms with Crippen LogP contribution in [0, 0.1) is 0 Å². The molecule has 104 valence electrons. The molecule has 2 aromatic rings. The number of hydrogen-bond donors (Lipinski definition) is 2. The summed E-state index contributed by atoms with van der Waals surface area (Å²) in [5.74, 6) is -0.223. The summed E-state index contributed by atoms with van der Waals surface area (Å²) in [5, 5.41) is 9.86. The Labute approximate surface area is 121 Å². The molecular weight excluding hydrogens is 276 g/mol. The fourth-order valence-electron chi connectivity index (χ4n) is 1.68. The van der Waals surface area contributed by atoms with Crippen LogP contribution in [0.5, 0.6) is 0 Å². The van der Waals surface area contributed by atoms with Crippen LogP contribution in [-0.2, 0) is 6.54 Å². The Balaban J connectivity index is 2.12. The van der Waals surface area contributed by atoms with Crippen LogP contribution in [0.2, 0.25) is 0 Å². The Morgan fingerprint density at radius 3 is 2.90 bits per heavy atom. The van der Waals surface area contributed by atoms with Crippen LogP contribution in [0.15, 0.2) is 30.7 Å². The highest BCUT2D eigenvalue weighted by Gasteiger charge is 2.18. The van der Waals surface area contributed by atoms with Crippen molar-refractivity contribution in [2.45, 2.75) is 13.0 Å². The molecule has 0 radical (unpaired) electrons. The molecule has 8 heteroatoms. The van der Waals surface area contributed by atoms with Crippen molar-refractivity contribution in [1.29, 1.82) is 0 Å². The number of rotatable bonds is 6. The van der Waals surface area contributed by atoms with Gasteiger partial charge in [-0.1, -0.05) is 18.3 Å². The van der Waals surface area contributed by atoms with Crippen LogP contribution in [-0.4, -0.2) is 42.7 Å². The van der Waals surface area contributed by atoms with Crippen molar-refractivity contribution in [3.63, 3.8) is 0 Å². The van der Waals surface area contributed by atoms with E-state index in [1.807, 2.05) is 12.1 Å². The average molecular weight is 290 g/mol. The van der Waals surface area contributed by atoms with Crippen molar-refractivity contribution in [3.8, 4) is 0 Å². The second-order valence-electron chi connectivity index (χ2n) is 4.16. The highest BCUT2D eigenvalue weighted by molar-refractivity contribution is 7.80. The summed E-state index contributed by atoms with van der Waals surface area (Å²) in [4.78, 5) is 18.3. The lowest BCUT2D eigenvalue weighted by molar-refractivity contribution is 0.0742. The Morgan fingerprint density at radius 1 is 1.45 bits per heavy atom. The Hall–Kier alpha value is -2.35. The molecule has 0 aliphatic heterocycles. The van der Waals surface area contributed by atoms with Gasteiger partial charge in [0.2, 0.25) is 0 Å². The zero-order valence-corrected chi connectivity index (χ0v) is 11.5. The molecule has 0 unspecified atom stereocenters. The fourth-order valence-corrected chi connectivity index (χ4v) is 1.77. The first-order valence-corrected chi connectivity index (χ1v) is 6.40. The van der Waals surface area contributed by atoms with Crippen LogP contribution in [0.1, 0.15) is 22.5 Å². The van der Waals surface area contributed by atoms with Crippen LogP contribution >= 0.6 is 12.2 Å². The molecule has 20 heavy (non-hydrogen) atoms. The fraction of sp³-hybridized carbons (Fsp3) is 0.250. The van der Waals surface area contributed by atoms with E-state index in [-0.39, 0.29) is 11.6 Å². The highest BCUT2D eigenvalue weighted by Crippen LogP contribution is 2.08. The molecule has 7 nitrogen and oxygen atoms in total. The number of amides is 1. The third-order valence-electron chi connectivity index (χ3n) is 2.65. The molecule has 0 aliphatic rings. The summed E-state index contributed by atoms with van der Waals surface area (Å²) in [6.07, 6.45) is 5.24. The first-order chi connectivity index (χ1) is 9.66. The number of aromatic amines is 1. The number of H-pyrrole nitrogens is 1. The average Bonchev–Trinajstić information content (AvgIpc) is 2.97. The lowest BCUT2D eigenvalue weighted by atomic mass is 10.2. The first kappa shape index (κ1) is 14.1. The number of nitrogens with zero attached hydrogens (tertiary/aromatic N) is 4. The number of hydrogen-bond acceptors (Lipinski definition) is 5. The van der Waals surface area contributed by atoms with Gasteiger partial charge < -0.3 is 10.6 Å². The lowest BCUT2D eigenvalue weighted by Gasteiger charge is -2.21. The van der Waals surface area contributed by atoms with Crippen LogP contribution in [0.4, 0.5) is 0 Å². The monoisotopic (exact) mass is 290 g/mol. The molecule has 2 aromatic heterocycles. The number of carbonyl (C=O) groups excluding carboxylic acids is 1. The smallest absolute Gasteiger partial charge is 0.276 e. The molecule has 0 spiro atoms. The predicted octanol–water partition coefficient (Wildman–Crippen LogP) is 0.518. The number of aromatic nitrogens is 4. The van der Waals surface area contributed by atoms with Crippen molar-refractivity contribution < 1.29 is 4.79 Å². The van der Waals surface area contributed by atoms with Gasteiger partial charge in [0.05, 0.1) is 11.2 Å². The maximum atomic E-state index is 12.3. The lowest BCUT2D eigenvalue weighted by Crippen LogP contribution is -2.33. The van der Waals surface area contributed by atoms with Crippen molar-refractivity contribution in [1.82, 2.24) is 25.3 Å². The zero-order valence-electron chi connectivity index (χ0n) is 10.7. The minimum Gasteiger partial charge on any atom is -0.393 e. The third-order valence-corrected chi connectivity index (χ3v) is 2.85. The second kappa shape index (κ2) is 6.71. The van der Waals surface area contributed by atoms with Crippen molar-refractivity contribution in [2.75, 3.05) is 6.54 Å². The van der Waals surface area contributed by atoms with Gasteiger partial charge in [0, 0.05) is 31.9 Å². The van der Waals surface area contributed by atoms with Gasteiger partial charge in [-0.2, -0.15) is 15.4 Å². The van der Waals surface area contributed by atoms with Gasteiger partial charge in [-0.15, -0.1) is 0 Å². The summed E-state index contributed by atoms with van der Waals surface area (Å²) >= 11 is 4.86. The molecule has 0 aliphatic carbocycles. The zero-order chi connectivity index (χ0) is 14.4. The molecule has 0 bridgehead atoms. The number of carbonyl (C=O) groups is 1. The summed E-state index contributed by atoms with van der Waals surface area (Å²) in [7, 11) is 0. The van der Waals surface area contributed by atoms with E-state index < -0.39 is 0 Å². The molecular formula is C12H14N6OS. The van der Waals surface area contributed by atoms with E-state index in [1.165, 1.54) is 6.20 Å².